The van der Waals surface area contributed by atoms with Gasteiger partial charge in [-0.1, -0.05) is 78.9 Å². The van der Waals surface area contributed by atoms with Gasteiger partial charge in [-0.2, -0.15) is 0 Å². The van der Waals surface area contributed by atoms with Gasteiger partial charge < -0.3 is 9.47 Å². The van der Waals surface area contributed by atoms with E-state index in [1.165, 1.54) is 16.2 Å². The lowest BCUT2D eigenvalue weighted by atomic mass is 9.84. The first kappa shape index (κ1) is 22.1. The molecule has 0 aliphatic heterocycles. The van der Waals surface area contributed by atoms with Crippen LogP contribution >= 0.6 is 0 Å². The van der Waals surface area contributed by atoms with Crippen molar-refractivity contribution in [3.05, 3.63) is 131 Å². The van der Waals surface area contributed by atoms with Crippen LogP contribution in [0, 0.1) is 0 Å². The molecule has 0 N–H and O–H groups in total. The Morgan fingerprint density at radius 3 is 1.94 bits per heavy atom. The number of hydrogen-bond donors (Lipinski definition) is 0. The molecule has 0 saturated carbocycles. The molecule has 176 valence electrons. The molecule has 0 saturated heterocycles. The monoisotopic (exact) mass is 472 g/mol. The van der Waals surface area contributed by atoms with Crippen LogP contribution in [0.3, 0.4) is 0 Å². The fourth-order valence-corrected chi connectivity index (χ4v) is 5.05. The highest BCUT2D eigenvalue weighted by molar-refractivity contribution is 6.08. The lowest BCUT2D eigenvalue weighted by molar-refractivity contribution is -0.0436. The number of fused-ring (bicyclic) bond motifs is 4. The van der Waals surface area contributed by atoms with Crippen LogP contribution in [0.5, 0.6) is 0 Å². The van der Waals surface area contributed by atoms with E-state index < -0.39 is 24.1 Å². The molecule has 2 unspecified atom stereocenters. The van der Waals surface area contributed by atoms with Crippen LogP contribution in [-0.4, -0.2) is 18.0 Å². The van der Waals surface area contributed by atoms with Gasteiger partial charge in [0.1, 0.15) is 6.10 Å². The topological polar surface area (TPSA) is 52.6 Å². The predicted molar refractivity (Wildman–Crippen MR) is 140 cm³/mol. The van der Waals surface area contributed by atoms with Gasteiger partial charge >= 0.3 is 11.9 Å². The van der Waals surface area contributed by atoms with E-state index in [0.29, 0.717) is 17.5 Å². The Hall–Kier alpha value is -4.44. The van der Waals surface area contributed by atoms with E-state index in [0.717, 1.165) is 22.9 Å². The highest BCUT2D eigenvalue weighted by atomic mass is 16.6. The number of ether oxygens (including phenoxy) is 2. The van der Waals surface area contributed by atoms with Crippen molar-refractivity contribution < 1.29 is 19.1 Å². The van der Waals surface area contributed by atoms with Crippen LogP contribution in [0.15, 0.2) is 109 Å². The maximum atomic E-state index is 13.1. The quantitative estimate of drug-likeness (QED) is 0.207. The highest BCUT2D eigenvalue weighted by Crippen LogP contribution is 2.39. The van der Waals surface area contributed by atoms with Gasteiger partial charge in [0.25, 0.3) is 0 Å². The highest BCUT2D eigenvalue weighted by Gasteiger charge is 2.36. The Morgan fingerprint density at radius 2 is 1.22 bits per heavy atom. The normalized spacial score (nSPS) is 16.9. The van der Waals surface area contributed by atoms with Crippen molar-refractivity contribution in [3.63, 3.8) is 0 Å². The number of rotatable bonds is 4. The predicted octanol–water partition coefficient (Wildman–Crippen LogP) is 7.06. The minimum atomic E-state index is -0.704. The van der Waals surface area contributed by atoms with E-state index in [1.54, 1.807) is 48.5 Å². The van der Waals surface area contributed by atoms with Gasteiger partial charge in [-0.25, -0.2) is 9.59 Å². The van der Waals surface area contributed by atoms with E-state index >= 15 is 0 Å². The van der Waals surface area contributed by atoms with Crippen LogP contribution < -0.4 is 0 Å². The molecule has 0 bridgehead atoms. The molecule has 5 aromatic rings. The molecule has 1 aliphatic carbocycles. The summed E-state index contributed by atoms with van der Waals surface area (Å²) in [4.78, 5) is 26.0. The van der Waals surface area contributed by atoms with Crippen molar-refractivity contribution in [2.45, 2.75) is 25.0 Å². The van der Waals surface area contributed by atoms with Crippen LogP contribution in [0.2, 0.25) is 0 Å². The number of benzene rings is 5. The minimum absolute atomic E-state index is 0.420. The van der Waals surface area contributed by atoms with E-state index in [9.17, 15) is 9.59 Å². The number of hydrogen-bond acceptors (Lipinski definition) is 4. The zero-order valence-corrected chi connectivity index (χ0v) is 19.6. The van der Waals surface area contributed by atoms with E-state index in [1.807, 2.05) is 24.3 Å². The average molecular weight is 473 g/mol. The van der Waals surface area contributed by atoms with Crippen LogP contribution in [0.1, 0.15) is 44.4 Å². The van der Waals surface area contributed by atoms with Crippen LogP contribution in [0.4, 0.5) is 0 Å². The number of carbonyl (C=O) groups is 2. The largest absolute Gasteiger partial charge is 0.454 e. The summed E-state index contributed by atoms with van der Waals surface area (Å²) < 4.78 is 12.0. The molecule has 36 heavy (non-hydrogen) atoms. The third-order valence-corrected chi connectivity index (χ3v) is 6.86. The maximum Gasteiger partial charge on any atom is 0.338 e. The lowest BCUT2D eigenvalue weighted by Crippen LogP contribution is -2.33. The van der Waals surface area contributed by atoms with Gasteiger partial charge in [0.05, 0.1) is 11.1 Å². The first-order valence-corrected chi connectivity index (χ1v) is 12.1. The zero-order chi connectivity index (χ0) is 24.5. The second kappa shape index (κ2) is 9.31. The third kappa shape index (κ3) is 4.11. The number of esters is 2. The lowest BCUT2D eigenvalue weighted by Gasteiger charge is -2.33. The summed E-state index contributed by atoms with van der Waals surface area (Å²) in [5.41, 5.74) is 2.93. The molecule has 6 rings (SSSR count). The summed E-state index contributed by atoms with van der Waals surface area (Å²) in [7, 11) is 0. The van der Waals surface area contributed by atoms with E-state index in [2.05, 4.69) is 36.4 Å². The second-order valence-corrected chi connectivity index (χ2v) is 9.10. The van der Waals surface area contributed by atoms with Gasteiger partial charge in [-0.3, -0.25) is 0 Å². The Balaban J connectivity index is 1.41. The fraction of sp³-hybridized carbons (Fsp3) is 0.125. The third-order valence-electron chi connectivity index (χ3n) is 6.86. The van der Waals surface area contributed by atoms with Gasteiger partial charge in [0, 0.05) is 5.56 Å². The molecule has 4 heteroatoms. The zero-order valence-electron chi connectivity index (χ0n) is 19.6. The van der Waals surface area contributed by atoms with Crippen molar-refractivity contribution in [1.82, 2.24) is 0 Å². The Labute approximate surface area is 209 Å². The molecular weight excluding hydrogens is 448 g/mol. The van der Waals surface area contributed by atoms with Crippen LogP contribution in [0.25, 0.3) is 21.5 Å². The Morgan fingerprint density at radius 1 is 0.611 bits per heavy atom. The molecule has 0 aromatic heterocycles. The Bertz CT molecular complexity index is 1570. The molecule has 5 aromatic carbocycles. The van der Waals surface area contributed by atoms with Crippen molar-refractivity contribution >= 4 is 33.5 Å². The molecular formula is C32H24O4. The fourth-order valence-electron chi connectivity index (χ4n) is 5.05. The summed E-state index contributed by atoms with van der Waals surface area (Å²) in [6.45, 7) is 0. The SMILES string of the molecule is O=C(OC1CCc2cc3c(ccc4ccccc43)cc2C1OC(=O)c1ccccc1)c1ccccc1. The number of aryl methyl sites for hydroxylation is 1. The summed E-state index contributed by atoms with van der Waals surface area (Å²) in [5, 5.41) is 4.60. The average Bonchev–Trinajstić information content (AvgIpc) is 2.94. The summed E-state index contributed by atoms with van der Waals surface area (Å²) in [6, 6.07) is 34.6. The van der Waals surface area contributed by atoms with Gasteiger partial charge in [-0.05, 0) is 70.3 Å². The molecule has 0 radical (unpaired) electrons. The first-order valence-electron chi connectivity index (χ1n) is 12.1. The Kier molecular flexibility index (Phi) is 5.70. The first-order chi connectivity index (χ1) is 17.7. The van der Waals surface area contributed by atoms with Gasteiger partial charge in [0.2, 0.25) is 0 Å². The number of carbonyl (C=O) groups excluding carboxylic acids is 2. The molecule has 0 fully saturated rings. The molecule has 2 atom stereocenters. The smallest absolute Gasteiger partial charge is 0.338 e. The summed E-state index contributed by atoms with van der Waals surface area (Å²) in [6.07, 6.45) is -0.00405. The second-order valence-electron chi connectivity index (χ2n) is 9.10. The van der Waals surface area contributed by atoms with Crippen molar-refractivity contribution in [2.75, 3.05) is 0 Å². The van der Waals surface area contributed by atoms with Crippen molar-refractivity contribution in [3.8, 4) is 0 Å². The van der Waals surface area contributed by atoms with Gasteiger partial charge in [-0.15, -0.1) is 0 Å². The van der Waals surface area contributed by atoms with Crippen molar-refractivity contribution in [2.24, 2.45) is 0 Å². The van der Waals surface area contributed by atoms with Crippen molar-refractivity contribution in [1.29, 1.82) is 0 Å². The standard InChI is InChI=1S/C32H24O4/c33-31(22-10-3-1-4-11-22)35-29-18-17-25-19-27-24(16-15-21-9-7-8-14-26(21)27)20-28(25)30(29)36-32(34)23-12-5-2-6-13-23/h1-16,19-20,29-30H,17-18H2. The minimum Gasteiger partial charge on any atom is -0.454 e. The molecule has 1 aliphatic rings. The molecule has 0 spiro atoms. The molecule has 0 heterocycles. The summed E-state index contributed by atoms with van der Waals surface area (Å²) in [5.74, 6) is -0.857. The maximum absolute atomic E-state index is 13.1. The van der Waals surface area contributed by atoms with E-state index in [4.69, 9.17) is 9.47 Å². The summed E-state index contributed by atoms with van der Waals surface area (Å²) >= 11 is 0. The molecule has 4 nitrogen and oxygen atoms in total. The van der Waals surface area contributed by atoms with Crippen LogP contribution in [-0.2, 0) is 15.9 Å². The van der Waals surface area contributed by atoms with E-state index in [-0.39, 0.29) is 0 Å². The van der Waals surface area contributed by atoms with Gasteiger partial charge in [0.15, 0.2) is 6.10 Å². The molecule has 0 amide bonds.